The van der Waals surface area contributed by atoms with Gasteiger partial charge in [0.25, 0.3) is 0 Å². The Labute approximate surface area is 105 Å². The highest BCUT2D eigenvalue weighted by Gasteiger charge is 2.23. The predicted octanol–water partition coefficient (Wildman–Crippen LogP) is 1.64. The first-order chi connectivity index (χ1) is 8.83. The summed E-state index contributed by atoms with van der Waals surface area (Å²) in [5.74, 6) is 1.67. The average Bonchev–Trinajstić information content (AvgIpc) is 3.04. The molecule has 1 aliphatic rings. The Morgan fingerprint density at radius 1 is 1.56 bits per heavy atom. The van der Waals surface area contributed by atoms with Crippen molar-refractivity contribution in [1.29, 1.82) is 5.26 Å². The van der Waals surface area contributed by atoms with E-state index in [1.54, 1.807) is 7.11 Å². The molecule has 1 N–H and O–H groups in total. The molecule has 0 aromatic carbocycles. The molecule has 0 radical (unpaired) electrons. The highest BCUT2D eigenvalue weighted by Crippen LogP contribution is 2.26. The number of nitrogens with zero attached hydrogens (tertiary/aromatic N) is 3. The lowest BCUT2D eigenvalue weighted by Crippen LogP contribution is -2.15. The number of hydrogen-bond donors (Lipinski definition) is 1. The number of ether oxygens (including phenoxy) is 1. The van der Waals surface area contributed by atoms with Crippen molar-refractivity contribution in [3.63, 3.8) is 0 Å². The summed E-state index contributed by atoms with van der Waals surface area (Å²) >= 11 is 0. The second-order valence-corrected chi connectivity index (χ2v) is 4.40. The molecule has 1 unspecified atom stereocenters. The number of fused-ring (bicyclic) bond motifs is 1. The zero-order chi connectivity index (χ0) is 12.5. The standard InChI is InChI=1S/C13H14N4O/c1-18-9-4-5-12-11(7-14)16-13(17(12)8-9)10-3-2-6-15-10/h4-5,8,10,15H,2-3,6H2,1H3. The molecule has 1 fully saturated rings. The summed E-state index contributed by atoms with van der Waals surface area (Å²) in [5.41, 5.74) is 1.31. The van der Waals surface area contributed by atoms with E-state index in [4.69, 9.17) is 10.00 Å². The third-order valence-electron chi connectivity index (χ3n) is 3.35. The Morgan fingerprint density at radius 3 is 3.11 bits per heavy atom. The van der Waals surface area contributed by atoms with Gasteiger partial charge in [0.1, 0.15) is 17.6 Å². The minimum Gasteiger partial charge on any atom is -0.495 e. The Morgan fingerprint density at radius 2 is 2.44 bits per heavy atom. The fourth-order valence-electron chi connectivity index (χ4n) is 2.44. The molecule has 3 heterocycles. The van der Waals surface area contributed by atoms with Crippen LogP contribution in [0.15, 0.2) is 18.3 Å². The van der Waals surface area contributed by atoms with Crippen LogP contribution in [0.1, 0.15) is 30.4 Å². The van der Waals surface area contributed by atoms with E-state index in [9.17, 15) is 0 Å². The number of hydrogen-bond acceptors (Lipinski definition) is 4. The van der Waals surface area contributed by atoms with Gasteiger partial charge in [-0.1, -0.05) is 0 Å². The number of nitriles is 1. The first-order valence-electron chi connectivity index (χ1n) is 6.03. The second-order valence-electron chi connectivity index (χ2n) is 4.40. The number of methoxy groups -OCH3 is 1. The summed E-state index contributed by atoms with van der Waals surface area (Å²) in [6.45, 7) is 1.01. The lowest BCUT2D eigenvalue weighted by atomic mass is 10.2. The Hall–Kier alpha value is -2.06. The maximum atomic E-state index is 9.14. The van der Waals surface area contributed by atoms with E-state index in [0.717, 1.165) is 36.5 Å². The summed E-state index contributed by atoms with van der Waals surface area (Å²) in [6, 6.07) is 6.11. The summed E-state index contributed by atoms with van der Waals surface area (Å²) in [4.78, 5) is 4.45. The minimum atomic E-state index is 0.228. The highest BCUT2D eigenvalue weighted by atomic mass is 16.5. The molecule has 1 aliphatic heterocycles. The van der Waals surface area contributed by atoms with Crippen molar-refractivity contribution in [3.05, 3.63) is 29.8 Å². The van der Waals surface area contributed by atoms with Crippen molar-refractivity contribution >= 4 is 5.52 Å². The van der Waals surface area contributed by atoms with Crippen LogP contribution in [0, 0.1) is 11.3 Å². The normalized spacial score (nSPS) is 19.0. The Balaban J connectivity index is 2.20. The van der Waals surface area contributed by atoms with Gasteiger partial charge in [-0.15, -0.1) is 0 Å². The molecular weight excluding hydrogens is 228 g/mol. The van der Waals surface area contributed by atoms with Crippen LogP contribution in [0.4, 0.5) is 0 Å². The van der Waals surface area contributed by atoms with Gasteiger partial charge in [0.15, 0.2) is 5.69 Å². The quantitative estimate of drug-likeness (QED) is 0.869. The van der Waals surface area contributed by atoms with E-state index in [0.29, 0.717) is 5.69 Å². The van der Waals surface area contributed by atoms with Crippen LogP contribution in [0.25, 0.3) is 5.52 Å². The van der Waals surface area contributed by atoms with Crippen LogP contribution in [-0.4, -0.2) is 23.0 Å². The lowest BCUT2D eigenvalue weighted by molar-refractivity contribution is 0.412. The SMILES string of the molecule is COc1ccc2c(C#N)nc(C3CCCN3)n2c1. The maximum absolute atomic E-state index is 9.14. The molecule has 0 bridgehead atoms. The third-order valence-corrected chi connectivity index (χ3v) is 3.35. The van der Waals surface area contributed by atoms with Gasteiger partial charge < -0.3 is 10.1 Å². The zero-order valence-electron chi connectivity index (χ0n) is 10.2. The summed E-state index contributed by atoms with van der Waals surface area (Å²) in [5, 5.41) is 12.5. The van der Waals surface area contributed by atoms with Crippen molar-refractivity contribution in [2.75, 3.05) is 13.7 Å². The van der Waals surface area contributed by atoms with Crippen molar-refractivity contribution in [1.82, 2.24) is 14.7 Å². The number of pyridine rings is 1. The van der Waals surface area contributed by atoms with Crippen molar-refractivity contribution < 1.29 is 4.74 Å². The molecule has 1 atom stereocenters. The zero-order valence-corrected chi connectivity index (χ0v) is 10.2. The van der Waals surface area contributed by atoms with Gasteiger partial charge >= 0.3 is 0 Å². The highest BCUT2D eigenvalue weighted by molar-refractivity contribution is 5.60. The predicted molar refractivity (Wildman–Crippen MR) is 66.4 cm³/mol. The minimum absolute atomic E-state index is 0.228. The molecular formula is C13H14N4O. The molecule has 0 aliphatic carbocycles. The van der Waals surface area contributed by atoms with Gasteiger partial charge in [-0.25, -0.2) is 4.98 Å². The van der Waals surface area contributed by atoms with Gasteiger partial charge in [-0.3, -0.25) is 4.40 Å². The van der Waals surface area contributed by atoms with Crippen molar-refractivity contribution in [3.8, 4) is 11.8 Å². The Kier molecular flexibility index (Phi) is 2.65. The van der Waals surface area contributed by atoms with Gasteiger partial charge in [0, 0.05) is 0 Å². The molecule has 5 nitrogen and oxygen atoms in total. The van der Waals surface area contributed by atoms with Crippen LogP contribution in [0.3, 0.4) is 0 Å². The molecule has 5 heteroatoms. The van der Waals surface area contributed by atoms with E-state index in [1.165, 1.54) is 0 Å². The fraction of sp³-hybridized carbons (Fsp3) is 0.385. The maximum Gasteiger partial charge on any atom is 0.166 e. The van der Waals surface area contributed by atoms with Crippen molar-refractivity contribution in [2.24, 2.45) is 0 Å². The molecule has 18 heavy (non-hydrogen) atoms. The smallest absolute Gasteiger partial charge is 0.166 e. The number of nitrogens with one attached hydrogen (secondary N) is 1. The fourth-order valence-corrected chi connectivity index (χ4v) is 2.44. The van der Waals surface area contributed by atoms with Crippen LogP contribution in [-0.2, 0) is 0 Å². The topological polar surface area (TPSA) is 62.3 Å². The Bertz CT molecular complexity index is 620. The van der Waals surface area contributed by atoms with E-state index in [1.807, 2.05) is 22.7 Å². The molecule has 0 spiro atoms. The van der Waals surface area contributed by atoms with E-state index in [2.05, 4.69) is 16.4 Å². The molecule has 1 saturated heterocycles. The number of rotatable bonds is 2. The molecule has 3 rings (SSSR count). The first kappa shape index (κ1) is 11.1. The average molecular weight is 242 g/mol. The monoisotopic (exact) mass is 242 g/mol. The van der Waals surface area contributed by atoms with Gasteiger partial charge in [0.05, 0.1) is 24.9 Å². The molecule has 0 saturated carbocycles. The largest absolute Gasteiger partial charge is 0.495 e. The summed E-state index contributed by atoms with van der Waals surface area (Å²) < 4.78 is 7.19. The van der Waals surface area contributed by atoms with E-state index < -0.39 is 0 Å². The van der Waals surface area contributed by atoms with Gasteiger partial charge in [-0.2, -0.15) is 5.26 Å². The third kappa shape index (κ3) is 1.62. The van der Waals surface area contributed by atoms with E-state index in [-0.39, 0.29) is 6.04 Å². The first-order valence-corrected chi connectivity index (χ1v) is 6.03. The van der Waals surface area contributed by atoms with Gasteiger partial charge in [-0.05, 0) is 31.5 Å². The van der Waals surface area contributed by atoms with E-state index >= 15 is 0 Å². The number of aromatic nitrogens is 2. The van der Waals surface area contributed by atoms with Gasteiger partial charge in [0.2, 0.25) is 0 Å². The second kappa shape index (κ2) is 4.31. The summed E-state index contributed by atoms with van der Waals surface area (Å²) in [7, 11) is 1.64. The van der Waals surface area contributed by atoms with Crippen molar-refractivity contribution in [2.45, 2.75) is 18.9 Å². The van der Waals surface area contributed by atoms with Crippen LogP contribution in [0.5, 0.6) is 5.75 Å². The van der Waals surface area contributed by atoms with Crippen LogP contribution in [0.2, 0.25) is 0 Å². The van der Waals surface area contributed by atoms with Crippen LogP contribution < -0.4 is 10.1 Å². The molecule has 0 amide bonds. The molecule has 2 aromatic rings. The molecule has 92 valence electrons. The molecule has 2 aromatic heterocycles. The van der Waals surface area contributed by atoms with Crippen LogP contribution >= 0.6 is 0 Å². The number of imidazole rings is 1. The lowest BCUT2D eigenvalue weighted by Gasteiger charge is -2.09. The summed E-state index contributed by atoms with van der Waals surface area (Å²) in [6.07, 6.45) is 4.09.